The van der Waals surface area contributed by atoms with E-state index in [2.05, 4.69) is 4.98 Å². The van der Waals surface area contributed by atoms with Crippen molar-refractivity contribution in [2.24, 2.45) is 5.92 Å². The van der Waals surface area contributed by atoms with Crippen LogP contribution in [-0.2, 0) is 16.4 Å². The van der Waals surface area contributed by atoms with Gasteiger partial charge in [0.05, 0.1) is 18.4 Å². The normalized spacial score (nSPS) is 24.7. The molecule has 5 nitrogen and oxygen atoms in total. The highest BCUT2D eigenvalue weighted by Crippen LogP contribution is 2.26. The van der Waals surface area contributed by atoms with Gasteiger partial charge in [-0.2, -0.15) is 4.31 Å². The zero-order valence-electron chi connectivity index (χ0n) is 11.1. The molecule has 1 fully saturated rings. The van der Waals surface area contributed by atoms with Gasteiger partial charge in [0.15, 0.2) is 0 Å². The fourth-order valence-corrected chi connectivity index (χ4v) is 4.30. The Kier molecular flexibility index (Phi) is 4.54. The predicted octanol–water partition coefficient (Wildman–Crippen LogP) is 0.657. The Morgan fingerprint density at radius 3 is 2.74 bits per heavy atom. The number of rotatable bonds is 5. The molecule has 0 aromatic carbocycles. The van der Waals surface area contributed by atoms with Crippen LogP contribution in [0.1, 0.15) is 18.9 Å². The summed E-state index contributed by atoms with van der Waals surface area (Å²) < 4.78 is 26.1. The molecule has 1 aliphatic rings. The number of hydrogen-bond donors (Lipinski definition) is 1. The Balaban J connectivity index is 2.03. The van der Waals surface area contributed by atoms with Crippen molar-refractivity contribution in [2.75, 3.05) is 18.9 Å². The van der Waals surface area contributed by atoms with Crippen LogP contribution in [0.25, 0.3) is 0 Å². The number of hydrogen-bond acceptors (Lipinski definition) is 4. The molecule has 106 valence electrons. The molecule has 6 heteroatoms. The van der Waals surface area contributed by atoms with Crippen molar-refractivity contribution in [3.05, 3.63) is 30.1 Å². The summed E-state index contributed by atoms with van der Waals surface area (Å²) in [5.41, 5.74) is 0.964. The van der Waals surface area contributed by atoms with Crippen molar-refractivity contribution in [1.82, 2.24) is 9.29 Å². The summed E-state index contributed by atoms with van der Waals surface area (Å²) in [6.45, 7) is 2.40. The van der Waals surface area contributed by atoms with Gasteiger partial charge in [-0.3, -0.25) is 4.98 Å². The molecule has 0 saturated carbocycles. The monoisotopic (exact) mass is 284 g/mol. The third-order valence-electron chi connectivity index (χ3n) is 3.77. The summed E-state index contributed by atoms with van der Waals surface area (Å²) in [6.07, 6.45) is 4.63. The first kappa shape index (κ1) is 14.4. The maximum absolute atomic E-state index is 12.3. The second-order valence-corrected chi connectivity index (χ2v) is 7.09. The first-order chi connectivity index (χ1) is 9.04. The van der Waals surface area contributed by atoms with Gasteiger partial charge >= 0.3 is 0 Å². The van der Waals surface area contributed by atoms with Crippen LogP contribution in [0.15, 0.2) is 24.5 Å². The Bertz CT molecular complexity index is 504. The fourth-order valence-electron chi connectivity index (χ4n) is 2.50. The van der Waals surface area contributed by atoms with Gasteiger partial charge in [-0.25, -0.2) is 8.42 Å². The van der Waals surface area contributed by atoms with E-state index in [0.717, 1.165) is 12.0 Å². The predicted molar refractivity (Wildman–Crippen MR) is 73.1 cm³/mol. The Morgan fingerprint density at radius 2 is 2.11 bits per heavy atom. The molecule has 1 aromatic rings. The van der Waals surface area contributed by atoms with Gasteiger partial charge in [0.1, 0.15) is 0 Å². The minimum Gasteiger partial charge on any atom is -0.395 e. The lowest BCUT2D eigenvalue weighted by Gasteiger charge is -2.24. The second-order valence-electron chi connectivity index (χ2n) is 5.05. The number of pyridine rings is 1. The van der Waals surface area contributed by atoms with Gasteiger partial charge in [-0.1, -0.05) is 6.92 Å². The summed E-state index contributed by atoms with van der Waals surface area (Å²) in [5.74, 6) is 0.306. The zero-order chi connectivity index (χ0) is 13.9. The maximum atomic E-state index is 12.3. The van der Waals surface area contributed by atoms with E-state index in [-0.39, 0.29) is 24.3 Å². The summed E-state index contributed by atoms with van der Waals surface area (Å²) in [5, 5.41) is 9.34. The molecule has 19 heavy (non-hydrogen) atoms. The van der Waals surface area contributed by atoms with Crippen molar-refractivity contribution in [2.45, 2.75) is 25.8 Å². The minimum atomic E-state index is -3.30. The molecule has 1 saturated heterocycles. The van der Waals surface area contributed by atoms with E-state index < -0.39 is 10.0 Å². The van der Waals surface area contributed by atoms with E-state index in [1.54, 1.807) is 12.4 Å². The van der Waals surface area contributed by atoms with Gasteiger partial charge in [0.25, 0.3) is 0 Å². The van der Waals surface area contributed by atoms with Crippen molar-refractivity contribution < 1.29 is 13.5 Å². The number of sulfonamides is 1. The van der Waals surface area contributed by atoms with Gasteiger partial charge in [0.2, 0.25) is 10.0 Å². The standard InChI is InChI=1S/C13H20N2O3S/c1-11-4-8-15(13(11)10-16)19(17,18)9-5-12-2-6-14-7-3-12/h2-3,6-7,11,13,16H,4-5,8-10H2,1H3. The molecule has 0 bridgehead atoms. The number of aliphatic hydroxyl groups is 1. The van der Waals surface area contributed by atoms with Crippen LogP contribution < -0.4 is 0 Å². The molecule has 2 atom stereocenters. The molecular weight excluding hydrogens is 264 g/mol. The highest BCUT2D eigenvalue weighted by atomic mass is 32.2. The minimum absolute atomic E-state index is 0.0836. The third-order valence-corrected chi connectivity index (χ3v) is 5.66. The number of nitrogens with zero attached hydrogens (tertiary/aromatic N) is 2. The lowest BCUT2D eigenvalue weighted by atomic mass is 10.0. The first-order valence-corrected chi connectivity index (χ1v) is 8.15. The highest BCUT2D eigenvalue weighted by molar-refractivity contribution is 7.89. The largest absolute Gasteiger partial charge is 0.395 e. The second kappa shape index (κ2) is 5.98. The quantitative estimate of drug-likeness (QED) is 0.862. The van der Waals surface area contributed by atoms with Crippen LogP contribution in [0, 0.1) is 5.92 Å². The SMILES string of the molecule is CC1CCN(S(=O)(=O)CCc2ccncc2)C1CO. The molecular formula is C13H20N2O3S. The van der Waals surface area contributed by atoms with Crippen molar-refractivity contribution in [1.29, 1.82) is 0 Å². The van der Waals surface area contributed by atoms with E-state index >= 15 is 0 Å². The van der Waals surface area contributed by atoms with Crippen LogP contribution >= 0.6 is 0 Å². The van der Waals surface area contributed by atoms with E-state index in [1.807, 2.05) is 19.1 Å². The molecule has 1 aromatic heterocycles. The first-order valence-electron chi connectivity index (χ1n) is 6.54. The summed E-state index contributed by atoms with van der Waals surface area (Å²) in [4.78, 5) is 3.91. The molecule has 2 heterocycles. The lowest BCUT2D eigenvalue weighted by molar-refractivity contribution is 0.191. The maximum Gasteiger partial charge on any atom is 0.214 e. The average molecular weight is 284 g/mol. The highest BCUT2D eigenvalue weighted by Gasteiger charge is 2.37. The smallest absolute Gasteiger partial charge is 0.214 e. The van der Waals surface area contributed by atoms with Crippen LogP contribution in [-0.4, -0.2) is 47.8 Å². The molecule has 2 rings (SSSR count). The van der Waals surface area contributed by atoms with Crippen molar-refractivity contribution in [3.8, 4) is 0 Å². The van der Waals surface area contributed by atoms with Gasteiger partial charge in [-0.05, 0) is 36.5 Å². The molecule has 0 radical (unpaired) electrons. The van der Waals surface area contributed by atoms with E-state index in [9.17, 15) is 13.5 Å². The number of aliphatic hydroxyl groups excluding tert-OH is 1. The summed E-state index contributed by atoms with van der Waals surface area (Å²) >= 11 is 0. The van der Waals surface area contributed by atoms with Crippen LogP contribution in [0.5, 0.6) is 0 Å². The number of aromatic nitrogens is 1. The fraction of sp³-hybridized carbons (Fsp3) is 0.615. The summed E-state index contributed by atoms with van der Waals surface area (Å²) in [6, 6.07) is 3.39. The topological polar surface area (TPSA) is 70.5 Å². The van der Waals surface area contributed by atoms with Gasteiger partial charge in [0, 0.05) is 18.9 Å². The lowest BCUT2D eigenvalue weighted by Crippen LogP contribution is -2.41. The van der Waals surface area contributed by atoms with E-state index in [1.165, 1.54) is 4.31 Å². The van der Waals surface area contributed by atoms with Crippen molar-refractivity contribution in [3.63, 3.8) is 0 Å². The molecule has 1 N–H and O–H groups in total. The Morgan fingerprint density at radius 1 is 1.42 bits per heavy atom. The zero-order valence-corrected chi connectivity index (χ0v) is 11.9. The molecule has 2 unspecified atom stereocenters. The molecule has 0 spiro atoms. The van der Waals surface area contributed by atoms with E-state index in [4.69, 9.17) is 0 Å². The average Bonchev–Trinajstić information content (AvgIpc) is 2.79. The molecule has 1 aliphatic heterocycles. The third kappa shape index (κ3) is 3.32. The van der Waals surface area contributed by atoms with E-state index in [0.29, 0.717) is 13.0 Å². The Hall–Kier alpha value is -0.980. The molecule has 0 aliphatic carbocycles. The Labute approximate surface area is 114 Å². The summed E-state index contributed by atoms with van der Waals surface area (Å²) in [7, 11) is -3.30. The van der Waals surface area contributed by atoms with Gasteiger partial charge < -0.3 is 5.11 Å². The van der Waals surface area contributed by atoms with Crippen LogP contribution in [0.3, 0.4) is 0 Å². The van der Waals surface area contributed by atoms with Gasteiger partial charge in [-0.15, -0.1) is 0 Å². The van der Waals surface area contributed by atoms with Crippen LogP contribution in [0.4, 0.5) is 0 Å². The number of aryl methyl sites for hydroxylation is 1. The molecule has 0 amide bonds. The van der Waals surface area contributed by atoms with Crippen LogP contribution in [0.2, 0.25) is 0 Å². The van der Waals surface area contributed by atoms with Crippen molar-refractivity contribution >= 4 is 10.0 Å².